The average molecular weight is 372 g/mol. The predicted molar refractivity (Wildman–Crippen MR) is 86.1 cm³/mol. The molecule has 1 N–H and O–H groups in total. The van der Waals surface area contributed by atoms with Gasteiger partial charge in [-0.25, -0.2) is 0 Å². The minimum atomic E-state index is -0.0326. The molecular weight excluding hydrogens is 358 g/mol. The zero-order chi connectivity index (χ0) is 14.5. The van der Waals surface area contributed by atoms with Crippen molar-refractivity contribution in [3.8, 4) is 0 Å². The number of hydrogen-bond donors (Lipinski definition) is 1. The van der Waals surface area contributed by atoms with Crippen molar-refractivity contribution in [2.24, 2.45) is 0 Å². The van der Waals surface area contributed by atoms with Crippen molar-refractivity contribution in [3.63, 3.8) is 0 Å². The van der Waals surface area contributed by atoms with Crippen molar-refractivity contribution in [2.75, 3.05) is 5.75 Å². The molecule has 1 heterocycles. The Kier molecular flexibility index (Phi) is 5.56. The highest BCUT2D eigenvalue weighted by atomic mass is 79.9. The minimum Gasteiger partial charge on any atom is -0.349 e. The summed E-state index contributed by atoms with van der Waals surface area (Å²) < 4.78 is 1.83. The Labute approximate surface area is 134 Å². The molecule has 0 saturated carbocycles. The number of benzene rings is 1. The van der Waals surface area contributed by atoms with Crippen LogP contribution in [0.3, 0.4) is 0 Å². The van der Waals surface area contributed by atoms with Gasteiger partial charge in [0.25, 0.3) is 0 Å². The number of hydrogen-bond acceptors (Lipinski definition) is 5. The third-order valence-electron chi connectivity index (χ3n) is 2.58. The molecule has 1 aromatic heterocycles. The summed E-state index contributed by atoms with van der Waals surface area (Å²) in [6.45, 7) is 3.87. The molecule has 1 aromatic carbocycles. The number of thioether (sulfide) groups is 1. The van der Waals surface area contributed by atoms with Crippen LogP contribution in [0, 0.1) is 6.92 Å². The molecule has 1 atom stereocenters. The van der Waals surface area contributed by atoms with Gasteiger partial charge in [-0.3, -0.25) is 4.79 Å². The zero-order valence-corrected chi connectivity index (χ0v) is 14.3. The van der Waals surface area contributed by atoms with Gasteiger partial charge in [-0.2, -0.15) is 0 Å². The van der Waals surface area contributed by atoms with E-state index in [1.54, 1.807) is 0 Å². The van der Waals surface area contributed by atoms with Crippen LogP contribution in [0.4, 0.5) is 0 Å². The van der Waals surface area contributed by atoms with E-state index < -0.39 is 0 Å². The minimum absolute atomic E-state index is 0.00824. The molecule has 2 rings (SSSR count). The first-order chi connectivity index (χ1) is 9.56. The first-order valence-corrected chi connectivity index (χ1v) is 8.62. The molecular formula is C13H14BrN3OS2. The van der Waals surface area contributed by atoms with Gasteiger partial charge in [0.15, 0.2) is 4.34 Å². The fourth-order valence-corrected chi connectivity index (χ4v) is 3.91. The maximum atomic E-state index is 11.9. The van der Waals surface area contributed by atoms with E-state index in [1.165, 1.54) is 23.1 Å². The molecule has 0 bridgehead atoms. The quantitative estimate of drug-likeness (QED) is 0.816. The van der Waals surface area contributed by atoms with E-state index in [0.29, 0.717) is 5.75 Å². The summed E-state index contributed by atoms with van der Waals surface area (Å²) in [5, 5.41) is 11.8. The first kappa shape index (κ1) is 15.5. The molecule has 0 aliphatic carbocycles. The summed E-state index contributed by atoms with van der Waals surface area (Å²) in [4.78, 5) is 11.9. The number of nitrogens with one attached hydrogen (secondary N) is 1. The highest BCUT2D eigenvalue weighted by molar-refractivity contribution is 9.10. The zero-order valence-electron chi connectivity index (χ0n) is 11.1. The van der Waals surface area contributed by atoms with Gasteiger partial charge in [-0.05, 0) is 25.5 Å². The Bertz CT molecular complexity index is 603. The van der Waals surface area contributed by atoms with Gasteiger partial charge >= 0.3 is 0 Å². The highest BCUT2D eigenvalue weighted by Gasteiger charge is 2.13. The standard InChI is InChI=1S/C13H14BrN3OS2/c1-8(10-5-3-4-6-11(10)14)15-12(18)7-19-13-17-16-9(2)20-13/h3-6,8H,7H2,1-2H3,(H,15,18)/t8-/m1/s1. The van der Waals surface area contributed by atoms with E-state index in [9.17, 15) is 4.79 Å². The Morgan fingerprint density at radius 1 is 1.45 bits per heavy atom. The van der Waals surface area contributed by atoms with Crippen LogP contribution < -0.4 is 5.32 Å². The van der Waals surface area contributed by atoms with Gasteiger partial charge in [0.05, 0.1) is 11.8 Å². The summed E-state index contributed by atoms with van der Waals surface area (Å²) in [6.07, 6.45) is 0. The van der Waals surface area contributed by atoms with Gasteiger partial charge in [0, 0.05) is 4.47 Å². The van der Waals surface area contributed by atoms with Crippen LogP contribution >= 0.6 is 39.0 Å². The molecule has 0 aliphatic rings. The van der Waals surface area contributed by atoms with Crippen LogP contribution in [0.25, 0.3) is 0 Å². The average Bonchev–Trinajstić information content (AvgIpc) is 2.82. The fraction of sp³-hybridized carbons (Fsp3) is 0.308. The van der Waals surface area contributed by atoms with Crippen molar-refractivity contribution in [1.29, 1.82) is 0 Å². The van der Waals surface area contributed by atoms with Crippen LogP contribution in [0.2, 0.25) is 0 Å². The van der Waals surface area contributed by atoms with E-state index in [-0.39, 0.29) is 11.9 Å². The molecule has 2 aromatic rings. The Hall–Kier alpha value is -0.920. The molecule has 106 valence electrons. The summed E-state index contributed by atoms with van der Waals surface area (Å²) >= 11 is 6.40. The summed E-state index contributed by atoms with van der Waals surface area (Å²) in [7, 11) is 0. The Balaban J connectivity index is 1.87. The number of aryl methyl sites for hydroxylation is 1. The largest absolute Gasteiger partial charge is 0.349 e. The number of rotatable bonds is 5. The second-order valence-corrected chi connectivity index (χ2v) is 7.44. The lowest BCUT2D eigenvalue weighted by Crippen LogP contribution is -2.28. The van der Waals surface area contributed by atoms with Crippen molar-refractivity contribution < 1.29 is 4.79 Å². The number of carbonyl (C=O) groups is 1. The van der Waals surface area contributed by atoms with Gasteiger partial charge < -0.3 is 5.32 Å². The SMILES string of the molecule is Cc1nnc(SCC(=O)N[C@H](C)c2ccccc2Br)s1. The summed E-state index contributed by atoms with van der Waals surface area (Å²) in [5.74, 6) is 0.342. The lowest BCUT2D eigenvalue weighted by molar-refractivity contribution is -0.119. The third-order valence-corrected chi connectivity index (χ3v) is 5.28. The second-order valence-electron chi connectivity index (χ2n) is 4.19. The molecule has 0 unspecified atom stereocenters. The molecule has 0 spiro atoms. The molecule has 1 amide bonds. The van der Waals surface area contributed by atoms with Gasteiger partial charge in [0.2, 0.25) is 5.91 Å². The van der Waals surface area contributed by atoms with Crippen LogP contribution in [-0.4, -0.2) is 21.9 Å². The number of carbonyl (C=O) groups excluding carboxylic acids is 1. The van der Waals surface area contributed by atoms with Crippen LogP contribution in [0.1, 0.15) is 23.5 Å². The molecule has 4 nitrogen and oxygen atoms in total. The molecule has 7 heteroatoms. The van der Waals surface area contributed by atoms with Gasteiger partial charge in [0.1, 0.15) is 5.01 Å². The Morgan fingerprint density at radius 2 is 2.20 bits per heavy atom. The van der Waals surface area contributed by atoms with Crippen LogP contribution in [-0.2, 0) is 4.79 Å². The third kappa shape index (κ3) is 4.29. The number of halogens is 1. The smallest absolute Gasteiger partial charge is 0.230 e. The van der Waals surface area contributed by atoms with Crippen molar-refractivity contribution >= 4 is 44.9 Å². The predicted octanol–water partition coefficient (Wildman–Crippen LogP) is 3.58. The molecule has 0 aliphatic heterocycles. The second kappa shape index (κ2) is 7.19. The van der Waals surface area contributed by atoms with Crippen molar-refractivity contribution in [1.82, 2.24) is 15.5 Å². The topological polar surface area (TPSA) is 54.9 Å². The van der Waals surface area contributed by atoms with E-state index in [2.05, 4.69) is 31.4 Å². The van der Waals surface area contributed by atoms with Crippen molar-refractivity contribution in [3.05, 3.63) is 39.3 Å². The summed E-state index contributed by atoms with van der Waals surface area (Å²) in [5.41, 5.74) is 1.07. The van der Waals surface area contributed by atoms with Crippen LogP contribution in [0.5, 0.6) is 0 Å². The maximum Gasteiger partial charge on any atom is 0.230 e. The lowest BCUT2D eigenvalue weighted by atomic mass is 10.1. The molecule has 20 heavy (non-hydrogen) atoms. The van der Waals surface area contributed by atoms with E-state index in [4.69, 9.17) is 0 Å². The monoisotopic (exact) mass is 371 g/mol. The molecule has 0 saturated heterocycles. The summed E-state index contributed by atoms with van der Waals surface area (Å²) in [6, 6.07) is 7.85. The number of aromatic nitrogens is 2. The van der Waals surface area contributed by atoms with E-state index >= 15 is 0 Å². The molecule has 0 fully saturated rings. The van der Waals surface area contributed by atoms with Gasteiger partial charge in [-0.15, -0.1) is 10.2 Å². The van der Waals surface area contributed by atoms with E-state index in [1.807, 2.05) is 38.1 Å². The maximum absolute atomic E-state index is 11.9. The van der Waals surface area contributed by atoms with E-state index in [0.717, 1.165) is 19.4 Å². The fourth-order valence-electron chi connectivity index (χ4n) is 1.65. The van der Waals surface area contributed by atoms with Crippen LogP contribution in [0.15, 0.2) is 33.1 Å². The van der Waals surface area contributed by atoms with Crippen molar-refractivity contribution in [2.45, 2.75) is 24.2 Å². The number of amides is 1. The molecule has 0 radical (unpaired) electrons. The number of nitrogens with zero attached hydrogens (tertiary/aromatic N) is 2. The lowest BCUT2D eigenvalue weighted by Gasteiger charge is -2.15. The normalized spacial score (nSPS) is 12.2. The Morgan fingerprint density at radius 3 is 2.85 bits per heavy atom. The van der Waals surface area contributed by atoms with Gasteiger partial charge in [-0.1, -0.05) is 57.2 Å². The highest BCUT2D eigenvalue weighted by Crippen LogP contribution is 2.24. The first-order valence-electron chi connectivity index (χ1n) is 6.03.